The minimum atomic E-state index is -0.0592. The Kier molecular flexibility index (Phi) is 3.83. The van der Waals surface area contributed by atoms with Crippen LogP contribution in [0.3, 0.4) is 0 Å². The number of piperazine rings is 1. The molecule has 0 atom stereocenters. The molecule has 0 radical (unpaired) electrons. The van der Waals surface area contributed by atoms with Gasteiger partial charge in [0.1, 0.15) is 4.47 Å². The first-order chi connectivity index (χ1) is 8.11. The van der Waals surface area contributed by atoms with E-state index < -0.39 is 0 Å². The molecule has 2 rings (SSSR count). The molecule has 6 heteroatoms. The highest BCUT2D eigenvalue weighted by Gasteiger charge is 2.17. The second kappa shape index (κ2) is 5.18. The van der Waals surface area contributed by atoms with E-state index >= 15 is 0 Å². The Labute approximate surface area is 109 Å². The molecule has 94 valence electrons. The first-order valence-corrected chi connectivity index (χ1v) is 6.63. The molecular weight excluding hydrogens is 284 g/mol. The van der Waals surface area contributed by atoms with Crippen molar-refractivity contribution in [3.05, 3.63) is 21.0 Å². The van der Waals surface area contributed by atoms with Gasteiger partial charge in [0.25, 0.3) is 5.56 Å². The van der Waals surface area contributed by atoms with Crippen LogP contribution in [0.2, 0.25) is 0 Å². The van der Waals surface area contributed by atoms with Gasteiger partial charge in [0.15, 0.2) is 0 Å². The highest BCUT2D eigenvalue weighted by Crippen LogP contribution is 2.22. The van der Waals surface area contributed by atoms with Crippen molar-refractivity contribution in [3.8, 4) is 0 Å². The zero-order valence-electron chi connectivity index (χ0n) is 10.1. The molecule has 5 nitrogen and oxygen atoms in total. The van der Waals surface area contributed by atoms with Crippen LogP contribution in [0.4, 0.5) is 5.69 Å². The summed E-state index contributed by atoms with van der Waals surface area (Å²) in [4.78, 5) is 14.3. The molecule has 1 aromatic rings. The van der Waals surface area contributed by atoms with E-state index in [1.807, 2.05) is 13.8 Å². The molecule has 1 aromatic heterocycles. The maximum Gasteiger partial charge on any atom is 0.283 e. The summed E-state index contributed by atoms with van der Waals surface area (Å²) in [6.45, 7) is 7.60. The molecule has 1 fully saturated rings. The molecule has 0 bridgehead atoms. The van der Waals surface area contributed by atoms with E-state index in [-0.39, 0.29) is 11.6 Å². The number of halogens is 1. The summed E-state index contributed by atoms with van der Waals surface area (Å²) in [6, 6.07) is 0.0795. The Balaban J connectivity index is 2.36. The number of hydrogen-bond donors (Lipinski definition) is 1. The van der Waals surface area contributed by atoms with Crippen LogP contribution in [0.1, 0.15) is 19.9 Å². The van der Waals surface area contributed by atoms with Crippen molar-refractivity contribution in [1.82, 2.24) is 15.1 Å². The molecule has 1 N–H and O–H groups in total. The van der Waals surface area contributed by atoms with Crippen LogP contribution < -0.4 is 15.8 Å². The van der Waals surface area contributed by atoms with Gasteiger partial charge in [-0.15, -0.1) is 0 Å². The molecule has 0 saturated carbocycles. The van der Waals surface area contributed by atoms with Crippen LogP contribution >= 0.6 is 15.9 Å². The lowest BCUT2D eigenvalue weighted by molar-refractivity contribution is 0.498. The van der Waals surface area contributed by atoms with Gasteiger partial charge < -0.3 is 10.2 Å². The second-order valence-electron chi connectivity index (χ2n) is 4.42. The monoisotopic (exact) mass is 300 g/mol. The summed E-state index contributed by atoms with van der Waals surface area (Å²) < 4.78 is 2.11. The SMILES string of the molecule is CC(C)n1ncc(N2CCNCC2)c(Br)c1=O. The number of rotatable bonds is 2. The minimum Gasteiger partial charge on any atom is -0.367 e. The molecule has 0 aromatic carbocycles. The molecule has 0 spiro atoms. The average molecular weight is 301 g/mol. The van der Waals surface area contributed by atoms with Gasteiger partial charge in [0.05, 0.1) is 17.9 Å². The maximum absolute atomic E-state index is 12.1. The number of nitrogens with zero attached hydrogens (tertiary/aromatic N) is 3. The lowest BCUT2D eigenvalue weighted by Crippen LogP contribution is -2.44. The predicted molar refractivity (Wildman–Crippen MR) is 71.7 cm³/mol. The number of nitrogens with one attached hydrogen (secondary N) is 1. The van der Waals surface area contributed by atoms with Crippen LogP contribution in [0.5, 0.6) is 0 Å². The van der Waals surface area contributed by atoms with Crippen LogP contribution in [0.15, 0.2) is 15.5 Å². The summed E-state index contributed by atoms with van der Waals surface area (Å²) in [5, 5.41) is 7.51. The van der Waals surface area contributed by atoms with Crippen molar-refractivity contribution in [1.29, 1.82) is 0 Å². The van der Waals surface area contributed by atoms with Crippen LogP contribution in [-0.4, -0.2) is 36.0 Å². The van der Waals surface area contributed by atoms with Crippen LogP contribution in [-0.2, 0) is 0 Å². The third kappa shape index (κ3) is 2.52. The second-order valence-corrected chi connectivity index (χ2v) is 5.22. The van der Waals surface area contributed by atoms with Crippen molar-refractivity contribution in [3.63, 3.8) is 0 Å². The molecular formula is C11H17BrN4O. The van der Waals surface area contributed by atoms with Gasteiger partial charge in [-0.05, 0) is 29.8 Å². The summed E-state index contributed by atoms with van der Waals surface area (Å²) in [6.07, 6.45) is 1.77. The molecule has 2 heterocycles. The van der Waals surface area contributed by atoms with Crippen molar-refractivity contribution >= 4 is 21.6 Å². The third-order valence-electron chi connectivity index (χ3n) is 2.87. The molecule has 0 aliphatic carbocycles. The Morgan fingerprint density at radius 2 is 2.06 bits per heavy atom. The number of aromatic nitrogens is 2. The summed E-state index contributed by atoms with van der Waals surface area (Å²) in [7, 11) is 0. The number of anilines is 1. The molecule has 0 unspecified atom stereocenters. The van der Waals surface area contributed by atoms with E-state index in [0.29, 0.717) is 4.47 Å². The van der Waals surface area contributed by atoms with E-state index in [0.717, 1.165) is 31.9 Å². The van der Waals surface area contributed by atoms with Crippen LogP contribution in [0, 0.1) is 0 Å². The molecule has 1 aliphatic heterocycles. The number of hydrogen-bond acceptors (Lipinski definition) is 4. The van der Waals surface area contributed by atoms with Crippen molar-refractivity contribution in [2.45, 2.75) is 19.9 Å². The van der Waals surface area contributed by atoms with E-state index in [1.54, 1.807) is 6.20 Å². The van der Waals surface area contributed by atoms with Crippen molar-refractivity contribution < 1.29 is 0 Å². The van der Waals surface area contributed by atoms with Gasteiger partial charge in [-0.1, -0.05) is 0 Å². The minimum absolute atomic E-state index is 0.0592. The predicted octanol–water partition coefficient (Wildman–Crippen LogP) is 0.996. The highest BCUT2D eigenvalue weighted by atomic mass is 79.9. The van der Waals surface area contributed by atoms with E-state index in [9.17, 15) is 4.79 Å². The van der Waals surface area contributed by atoms with Crippen molar-refractivity contribution in [2.24, 2.45) is 0 Å². The van der Waals surface area contributed by atoms with Gasteiger partial charge in [-0.3, -0.25) is 4.79 Å². The highest BCUT2D eigenvalue weighted by molar-refractivity contribution is 9.10. The zero-order valence-corrected chi connectivity index (χ0v) is 11.7. The third-order valence-corrected chi connectivity index (χ3v) is 3.62. The Morgan fingerprint density at radius 3 is 2.65 bits per heavy atom. The first-order valence-electron chi connectivity index (χ1n) is 5.84. The Morgan fingerprint density at radius 1 is 1.41 bits per heavy atom. The summed E-state index contributed by atoms with van der Waals surface area (Å²) in [5.41, 5.74) is 0.837. The maximum atomic E-state index is 12.1. The summed E-state index contributed by atoms with van der Waals surface area (Å²) in [5.74, 6) is 0. The average Bonchev–Trinajstić information content (AvgIpc) is 2.33. The fourth-order valence-electron chi connectivity index (χ4n) is 1.93. The smallest absolute Gasteiger partial charge is 0.283 e. The van der Waals surface area contributed by atoms with Crippen LogP contribution in [0.25, 0.3) is 0 Å². The fraction of sp³-hybridized carbons (Fsp3) is 0.636. The van der Waals surface area contributed by atoms with E-state index in [2.05, 4.69) is 31.2 Å². The topological polar surface area (TPSA) is 50.2 Å². The molecule has 17 heavy (non-hydrogen) atoms. The molecule has 0 amide bonds. The lowest BCUT2D eigenvalue weighted by Gasteiger charge is -2.29. The van der Waals surface area contributed by atoms with E-state index in [1.165, 1.54) is 4.68 Å². The standard InChI is InChI=1S/C11H17BrN4O/c1-8(2)16-11(17)10(12)9(7-14-16)15-5-3-13-4-6-15/h7-8,13H,3-6H2,1-2H3. The summed E-state index contributed by atoms with van der Waals surface area (Å²) >= 11 is 3.40. The fourth-order valence-corrected chi connectivity index (χ4v) is 2.46. The van der Waals surface area contributed by atoms with Gasteiger partial charge >= 0.3 is 0 Å². The zero-order chi connectivity index (χ0) is 12.4. The van der Waals surface area contributed by atoms with Gasteiger partial charge in [0.2, 0.25) is 0 Å². The largest absolute Gasteiger partial charge is 0.367 e. The Hall–Kier alpha value is -0.880. The van der Waals surface area contributed by atoms with Gasteiger partial charge in [-0.25, -0.2) is 4.68 Å². The molecule has 1 aliphatic rings. The van der Waals surface area contributed by atoms with Gasteiger partial charge in [0, 0.05) is 26.2 Å². The van der Waals surface area contributed by atoms with E-state index in [4.69, 9.17) is 0 Å². The Bertz CT molecular complexity index is 451. The normalized spacial score (nSPS) is 16.6. The van der Waals surface area contributed by atoms with Gasteiger partial charge in [-0.2, -0.15) is 5.10 Å². The molecule has 1 saturated heterocycles. The van der Waals surface area contributed by atoms with Crippen molar-refractivity contribution in [2.75, 3.05) is 31.1 Å². The lowest BCUT2D eigenvalue weighted by atomic mass is 10.3. The first kappa shape index (κ1) is 12.6. The quantitative estimate of drug-likeness (QED) is 0.885.